The Kier molecular flexibility index (Phi) is 6.23. The predicted molar refractivity (Wildman–Crippen MR) is 111 cm³/mol. The number of rotatable bonds is 2. The van der Waals surface area contributed by atoms with Gasteiger partial charge in [0.2, 0.25) is 5.84 Å². The lowest BCUT2D eigenvalue weighted by molar-refractivity contribution is -0.477. The van der Waals surface area contributed by atoms with Crippen molar-refractivity contribution < 1.29 is 21.8 Å². The standard InChI is InChI=1S/C22H35N3OS.ClH/c23-19-18-22(14-8-3-9-15-22)27-20(16-10-4-1-5-11-16)25(18)21(26)24(19)17-12-6-2-7-13-17;/h16-18,20,23H,1-15H2;1H. The number of thioether (sulfide) groups is 1. The van der Waals surface area contributed by atoms with Crippen LogP contribution in [-0.2, 0) is 0 Å². The fraction of sp³-hybridized carbons (Fsp3) is 0.909. The zero-order valence-electron chi connectivity index (χ0n) is 17.1. The lowest BCUT2D eigenvalue weighted by atomic mass is 9.81. The van der Waals surface area contributed by atoms with Crippen molar-refractivity contribution in [3.63, 3.8) is 0 Å². The van der Waals surface area contributed by atoms with E-state index in [2.05, 4.69) is 21.2 Å². The molecule has 2 heterocycles. The Hall–Kier alpha value is -0.420. The molecule has 2 aliphatic heterocycles. The number of hydrogen-bond acceptors (Lipinski definition) is 3. The third-order valence-corrected chi connectivity index (χ3v) is 10.0. The number of halogens is 1. The average Bonchev–Trinajstić information content (AvgIpc) is 3.18. The Bertz CT molecular complexity index is 621. The molecule has 0 aromatic rings. The molecular formula is C22H36ClN3OS. The van der Waals surface area contributed by atoms with E-state index >= 15 is 0 Å². The maximum atomic E-state index is 13.7. The Morgan fingerprint density at radius 1 is 0.893 bits per heavy atom. The van der Waals surface area contributed by atoms with E-state index in [0.29, 0.717) is 17.3 Å². The van der Waals surface area contributed by atoms with Crippen molar-refractivity contribution in [2.24, 2.45) is 11.7 Å². The summed E-state index contributed by atoms with van der Waals surface area (Å²) in [7, 11) is 0. The van der Waals surface area contributed by atoms with Gasteiger partial charge in [-0.05, 0) is 51.4 Å². The molecule has 1 spiro atoms. The first-order valence-electron chi connectivity index (χ1n) is 11.6. The Morgan fingerprint density at radius 2 is 1.46 bits per heavy atom. The van der Waals surface area contributed by atoms with Gasteiger partial charge in [0.05, 0.1) is 10.8 Å². The van der Waals surface area contributed by atoms with Crippen molar-refractivity contribution in [3.8, 4) is 0 Å². The molecule has 2 amide bonds. The normalized spacial score (nSPS) is 34.0. The molecular weight excluding hydrogens is 390 g/mol. The molecule has 2 atom stereocenters. The first-order valence-corrected chi connectivity index (χ1v) is 12.5. The molecule has 6 heteroatoms. The summed E-state index contributed by atoms with van der Waals surface area (Å²) >= 11 is 2.17. The van der Waals surface area contributed by atoms with Crippen LogP contribution in [-0.4, -0.2) is 43.5 Å². The number of carbonyl (C=O) groups excluding carboxylic acids is 1. The molecule has 2 unspecified atom stereocenters. The molecule has 1 saturated heterocycles. The van der Waals surface area contributed by atoms with Gasteiger partial charge in [-0.25, -0.2) is 9.69 Å². The topological polar surface area (TPSA) is 49.3 Å². The quantitative estimate of drug-likeness (QED) is 0.687. The molecule has 0 bridgehead atoms. The number of amidine groups is 1. The summed E-state index contributed by atoms with van der Waals surface area (Å²) in [4.78, 5) is 16.0. The van der Waals surface area contributed by atoms with Crippen LogP contribution < -0.4 is 18.1 Å². The number of hydrogen-bond donors (Lipinski definition) is 1. The van der Waals surface area contributed by atoms with Gasteiger partial charge in [0, 0.05) is 5.92 Å². The van der Waals surface area contributed by atoms with Crippen molar-refractivity contribution in [1.82, 2.24) is 4.90 Å². The average molecular weight is 426 g/mol. The van der Waals surface area contributed by atoms with Crippen LogP contribution in [0.2, 0.25) is 0 Å². The van der Waals surface area contributed by atoms with E-state index < -0.39 is 0 Å². The van der Waals surface area contributed by atoms with Gasteiger partial charge in [-0.1, -0.05) is 44.9 Å². The largest absolute Gasteiger partial charge is 1.00 e. The van der Waals surface area contributed by atoms with Crippen LogP contribution in [0.5, 0.6) is 0 Å². The first-order chi connectivity index (χ1) is 13.2. The zero-order chi connectivity index (χ0) is 18.4. The number of amides is 2. The van der Waals surface area contributed by atoms with Gasteiger partial charge in [-0.2, -0.15) is 4.58 Å². The molecule has 0 aromatic carbocycles. The summed E-state index contributed by atoms with van der Waals surface area (Å²) in [6, 6.07) is 0.786. The maximum Gasteiger partial charge on any atom is 0.440 e. The van der Waals surface area contributed by atoms with E-state index in [4.69, 9.17) is 5.73 Å². The van der Waals surface area contributed by atoms with Crippen molar-refractivity contribution in [3.05, 3.63) is 0 Å². The van der Waals surface area contributed by atoms with Crippen molar-refractivity contribution in [2.75, 3.05) is 0 Å². The number of nitrogens with zero attached hydrogens (tertiary/aromatic N) is 2. The third-order valence-electron chi connectivity index (χ3n) is 8.08. The molecule has 3 saturated carbocycles. The van der Waals surface area contributed by atoms with Gasteiger partial charge < -0.3 is 18.1 Å². The van der Waals surface area contributed by atoms with Crippen LogP contribution in [0.1, 0.15) is 96.3 Å². The number of nitrogens with two attached hydrogens (primary N) is 1. The molecule has 158 valence electrons. The van der Waals surface area contributed by atoms with E-state index in [9.17, 15) is 4.79 Å². The number of fused-ring (bicyclic) bond motifs is 2. The molecule has 4 fully saturated rings. The molecule has 28 heavy (non-hydrogen) atoms. The Morgan fingerprint density at radius 3 is 2.11 bits per heavy atom. The van der Waals surface area contributed by atoms with Gasteiger partial charge in [0.15, 0.2) is 6.04 Å². The predicted octanol–water partition coefficient (Wildman–Crippen LogP) is 1.85. The molecule has 5 aliphatic rings. The molecule has 4 nitrogen and oxygen atoms in total. The second kappa shape index (κ2) is 8.37. The third kappa shape index (κ3) is 3.29. The van der Waals surface area contributed by atoms with E-state index in [1.54, 1.807) is 0 Å². The summed E-state index contributed by atoms with van der Waals surface area (Å²) in [5, 5.41) is 0.369. The highest BCUT2D eigenvalue weighted by Gasteiger charge is 2.66. The van der Waals surface area contributed by atoms with Crippen LogP contribution in [0.25, 0.3) is 0 Å². The van der Waals surface area contributed by atoms with Gasteiger partial charge in [0.1, 0.15) is 5.37 Å². The zero-order valence-corrected chi connectivity index (χ0v) is 18.7. The number of carbonyl (C=O) groups is 1. The molecule has 2 N–H and O–H groups in total. The highest BCUT2D eigenvalue weighted by atomic mass is 35.5. The summed E-state index contributed by atoms with van der Waals surface area (Å²) in [6.07, 6.45) is 19.2. The van der Waals surface area contributed by atoms with Gasteiger partial charge >= 0.3 is 6.03 Å². The van der Waals surface area contributed by atoms with E-state index in [1.165, 1.54) is 83.5 Å². The fourth-order valence-electron chi connectivity index (χ4n) is 6.75. The molecule has 3 aliphatic carbocycles. The van der Waals surface area contributed by atoms with Crippen molar-refractivity contribution in [1.29, 1.82) is 0 Å². The van der Waals surface area contributed by atoms with Crippen LogP contribution in [0.15, 0.2) is 0 Å². The second-order valence-electron chi connectivity index (χ2n) is 9.71. The number of urea groups is 1. The second-order valence-corrected chi connectivity index (χ2v) is 11.2. The monoisotopic (exact) mass is 425 g/mol. The molecule has 0 radical (unpaired) electrons. The highest BCUT2D eigenvalue weighted by Crippen LogP contribution is 2.57. The van der Waals surface area contributed by atoms with Crippen LogP contribution >= 0.6 is 11.8 Å². The van der Waals surface area contributed by atoms with Gasteiger partial charge in [-0.15, -0.1) is 11.8 Å². The van der Waals surface area contributed by atoms with Crippen LogP contribution in [0.3, 0.4) is 0 Å². The van der Waals surface area contributed by atoms with Gasteiger partial charge in [0.25, 0.3) is 0 Å². The summed E-state index contributed by atoms with van der Waals surface area (Å²) < 4.78 is 2.28. The Labute approximate surface area is 180 Å². The minimum Gasteiger partial charge on any atom is -1.00 e. The minimum atomic E-state index is 0. The lowest BCUT2D eigenvalue weighted by Crippen LogP contribution is -3.00. The van der Waals surface area contributed by atoms with Crippen molar-refractivity contribution in [2.45, 2.75) is 119 Å². The highest BCUT2D eigenvalue weighted by molar-refractivity contribution is 8.01. The maximum absolute atomic E-state index is 13.7. The van der Waals surface area contributed by atoms with Crippen LogP contribution in [0, 0.1) is 5.92 Å². The van der Waals surface area contributed by atoms with Crippen LogP contribution in [0.4, 0.5) is 4.79 Å². The summed E-state index contributed by atoms with van der Waals surface area (Å²) in [5.74, 6) is 1.59. The fourth-order valence-corrected chi connectivity index (χ4v) is 8.91. The smallest absolute Gasteiger partial charge is 0.440 e. The SMILES string of the molecule is NC1=[N+](C2CCCCC2)C(=O)N2C(C3CCCCC3)SC3(CCCCC3)C12.[Cl-]. The Balaban J connectivity index is 0.00000192. The van der Waals surface area contributed by atoms with E-state index in [1.807, 2.05) is 0 Å². The van der Waals surface area contributed by atoms with E-state index in [0.717, 1.165) is 18.7 Å². The first kappa shape index (κ1) is 20.8. The van der Waals surface area contributed by atoms with Crippen molar-refractivity contribution >= 4 is 23.6 Å². The minimum absolute atomic E-state index is 0. The van der Waals surface area contributed by atoms with E-state index in [-0.39, 0.29) is 29.2 Å². The summed E-state index contributed by atoms with van der Waals surface area (Å²) in [5.41, 5.74) is 6.85. The van der Waals surface area contributed by atoms with Gasteiger partial charge in [-0.3, -0.25) is 0 Å². The molecule has 0 aromatic heterocycles. The summed E-state index contributed by atoms with van der Waals surface area (Å²) in [6.45, 7) is 0. The lowest BCUT2D eigenvalue weighted by Gasteiger charge is -2.34. The molecule has 5 rings (SSSR count).